The van der Waals surface area contributed by atoms with Gasteiger partial charge in [-0.2, -0.15) is 0 Å². The normalized spacial score (nSPS) is 10.3. The van der Waals surface area contributed by atoms with E-state index in [1.807, 2.05) is 5.32 Å². The molecule has 0 heterocycles. The third kappa shape index (κ3) is 3.96. The average Bonchev–Trinajstić information content (AvgIpc) is 2.55. The lowest BCUT2D eigenvalue weighted by Crippen LogP contribution is -2.21. The molecule has 0 aliphatic heterocycles. The minimum atomic E-state index is -1.72. The maximum atomic E-state index is 13.4. The van der Waals surface area contributed by atoms with Gasteiger partial charge in [0.05, 0.1) is 22.0 Å². The van der Waals surface area contributed by atoms with Crippen molar-refractivity contribution < 1.29 is 27.5 Å². The molecule has 0 bridgehead atoms. The zero-order valence-corrected chi connectivity index (χ0v) is 12.7. The SMILES string of the molecule is Nc1cc(C(=O)OCC(=O)Nc2ccc(F)c(F)c2F)ccc1Cl. The number of hydrogen-bond acceptors (Lipinski definition) is 4. The van der Waals surface area contributed by atoms with E-state index in [2.05, 4.69) is 0 Å². The number of nitrogen functional groups attached to an aromatic ring is 1. The van der Waals surface area contributed by atoms with E-state index < -0.39 is 41.6 Å². The van der Waals surface area contributed by atoms with Crippen molar-refractivity contribution in [2.75, 3.05) is 17.7 Å². The van der Waals surface area contributed by atoms with E-state index in [4.69, 9.17) is 22.1 Å². The highest BCUT2D eigenvalue weighted by Gasteiger charge is 2.16. The maximum Gasteiger partial charge on any atom is 0.338 e. The number of nitrogens with one attached hydrogen (secondary N) is 1. The van der Waals surface area contributed by atoms with Crippen molar-refractivity contribution in [3.63, 3.8) is 0 Å². The monoisotopic (exact) mass is 358 g/mol. The van der Waals surface area contributed by atoms with Crippen molar-refractivity contribution in [2.45, 2.75) is 0 Å². The molecule has 2 rings (SSSR count). The lowest BCUT2D eigenvalue weighted by Gasteiger charge is -2.08. The number of carbonyl (C=O) groups is 2. The summed E-state index contributed by atoms with van der Waals surface area (Å²) >= 11 is 5.71. The predicted molar refractivity (Wildman–Crippen MR) is 81.1 cm³/mol. The van der Waals surface area contributed by atoms with Crippen LogP contribution in [0.25, 0.3) is 0 Å². The highest BCUT2D eigenvalue weighted by Crippen LogP contribution is 2.21. The van der Waals surface area contributed by atoms with Crippen molar-refractivity contribution >= 4 is 34.9 Å². The Hall–Kier alpha value is -2.74. The fourth-order valence-electron chi connectivity index (χ4n) is 1.69. The standard InChI is InChI=1S/C15H10ClF3N2O3/c16-8-2-1-7(5-10(8)20)15(23)24-6-12(22)21-11-4-3-9(17)13(18)14(11)19/h1-5H,6,20H2,(H,21,22). The number of rotatable bonds is 4. The van der Waals surface area contributed by atoms with Gasteiger partial charge >= 0.3 is 5.97 Å². The molecule has 0 saturated carbocycles. The first-order chi connectivity index (χ1) is 11.3. The molecule has 0 atom stereocenters. The Morgan fingerprint density at radius 2 is 1.83 bits per heavy atom. The average molecular weight is 359 g/mol. The molecule has 0 saturated heterocycles. The summed E-state index contributed by atoms with van der Waals surface area (Å²) in [5.41, 5.74) is 5.17. The molecule has 0 spiro atoms. The molecule has 2 aromatic carbocycles. The molecule has 0 unspecified atom stereocenters. The second-order valence-corrected chi connectivity index (χ2v) is 4.99. The highest BCUT2D eigenvalue weighted by molar-refractivity contribution is 6.33. The van der Waals surface area contributed by atoms with Crippen molar-refractivity contribution in [2.24, 2.45) is 0 Å². The summed E-state index contributed by atoms with van der Waals surface area (Å²) in [6.07, 6.45) is 0. The van der Waals surface area contributed by atoms with Crippen LogP contribution in [0.4, 0.5) is 24.5 Å². The van der Waals surface area contributed by atoms with Gasteiger partial charge in [0.1, 0.15) is 0 Å². The Balaban J connectivity index is 1.97. The largest absolute Gasteiger partial charge is 0.452 e. The van der Waals surface area contributed by atoms with Crippen LogP contribution in [0.15, 0.2) is 30.3 Å². The van der Waals surface area contributed by atoms with Gasteiger partial charge in [-0.1, -0.05) is 11.6 Å². The minimum absolute atomic E-state index is 0.0590. The number of ether oxygens (including phenoxy) is 1. The predicted octanol–water partition coefficient (Wildman–Crippen LogP) is 3.14. The Bertz CT molecular complexity index is 815. The smallest absolute Gasteiger partial charge is 0.338 e. The van der Waals surface area contributed by atoms with E-state index in [0.29, 0.717) is 6.07 Å². The van der Waals surface area contributed by atoms with Crippen LogP contribution < -0.4 is 11.1 Å². The van der Waals surface area contributed by atoms with Crippen LogP contribution in [0.1, 0.15) is 10.4 Å². The summed E-state index contributed by atoms with van der Waals surface area (Å²) in [6.45, 7) is -0.764. The van der Waals surface area contributed by atoms with E-state index >= 15 is 0 Å². The Morgan fingerprint density at radius 3 is 2.50 bits per heavy atom. The summed E-state index contributed by atoms with van der Waals surface area (Å²) < 4.78 is 43.9. The zero-order valence-electron chi connectivity index (χ0n) is 11.9. The molecule has 5 nitrogen and oxygen atoms in total. The van der Waals surface area contributed by atoms with Gasteiger partial charge in [-0.05, 0) is 30.3 Å². The maximum absolute atomic E-state index is 13.4. The van der Waals surface area contributed by atoms with E-state index in [9.17, 15) is 22.8 Å². The van der Waals surface area contributed by atoms with Gasteiger partial charge in [0, 0.05) is 0 Å². The van der Waals surface area contributed by atoms with E-state index in [0.717, 1.165) is 6.07 Å². The van der Waals surface area contributed by atoms with Crippen LogP contribution in [0.5, 0.6) is 0 Å². The van der Waals surface area contributed by atoms with Gasteiger partial charge in [-0.15, -0.1) is 0 Å². The van der Waals surface area contributed by atoms with E-state index in [1.165, 1.54) is 18.2 Å². The molecular weight excluding hydrogens is 349 g/mol. The van der Waals surface area contributed by atoms with Gasteiger partial charge in [0.25, 0.3) is 5.91 Å². The van der Waals surface area contributed by atoms with Crippen molar-refractivity contribution in [3.05, 3.63) is 58.4 Å². The topological polar surface area (TPSA) is 81.4 Å². The van der Waals surface area contributed by atoms with Gasteiger partial charge in [-0.25, -0.2) is 18.0 Å². The number of benzene rings is 2. The summed E-state index contributed by atoms with van der Waals surface area (Å²) in [7, 11) is 0. The van der Waals surface area contributed by atoms with Crippen LogP contribution >= 0.6 is 11.6 Å². The Kier molecular flexibility index (Phi) is 5.30. The van der Waals surface area contributed by atoms with Crippen molar-refractivity contribution in [3.8, 4) is 0 Å². The molecule has 24 heavy (non-hydrogen) atoms. The highest BCUT2D eigenvalue weighted by atomic mass is 35.5. The number of halogens is 4. The number of carbonyl (C=O) groups excluding carboxylic acids is 2. The number of hydrogen-bond donors (Lipinski definition) is 2. The van der Waals surface area contributed by atoms with Crippen LogP contribution in [0, 0.1) is 17.5 Å². The fourth-order valence-corrected chi connectivity index (χ4v) is 1.81. The summed E-state index contributed by atoms with van der Waals surface area (Å²) in [6, 6.07) is 5.47. The first-order valence-corrected chi connectivity index (χ1v) is 6.83. The number of anilines is 2. The van der Waals surface area contributed by atoms with E-state index in [-0.39, 0.29) is 16.3 Å². The molecule has 9 heteroatoms. The van der Waals surface area contributed by atoms with Gasteiger partial charge in [0.2, 0.25) is 0 Å². The number of amides is 1. The summed E-state index contributed by atoms with van der Waals surface area (Å²) in [5.74, 6) is -6.46. The summed E-state index contributed by atoms with van der Waals surface area (Å²) in [5, 5.41) is 2.21. The van der Waals surface area contributed by atoms with Gasteiger partial charge < -0.3 is 15.8 Å². The number of esters is 1. The first kappa shape index (κ1) is 17.6. The molecule has 0 aromatic heterocycles. The second kappa shape index (κ2) is 7.22. The minimum Gasteiger partial charge on any atom is -0.452 e. The molecule has 0 aliphatic carbocycles. The molecule has 2 aromatic rings. The van der Waals surface area contributed by atoms with E-state index in [1.54, 1.807) is 0 Å². The number of nitrogens with two attached hydrogens (primary N) is 1. The molecule has 0 radical (unpaired) electrons. The third-order valence-corrected chi connectivity index (χ3v) is 3.22. The van der Waals surface area contributed by atoms with Gasteiger partial charge in [-0.3, -0.25) is 4.79 Å². The van der Waals surface area contributed by atoms with Crippen molar-refractivity contribution in [1.29, 1.82) is 0 Å². The van der Waals surface area contributed by atoms with Gasteiger partial charge in [0.15, 0.2) is 24.1 Å². The Labute approximate surface area is 139 Å². The summed E-state index contributed by atoms with van der Waals surface area (Å²) in [4.78, 5) is 23.3. The molecule has 0 fully saturated rings. The molecule has 126 valence electrons. The third-order valence-electron chi connectivity index (χ3n) is 2.88. The Morgan fingerprint density at radius 1 is 1.12 bits per heavy atom. The van der Waals surface area contributed by atoms with Crippen LogP contribution in [0.3, 0.4) is 0 Å². The van der Waals surface area contributed by atoms with Crippen LogP contribution in [0.2, 0.25) is 5.02 Å². The quantitative estimate of drug-likeness (QED) is 0.500. The van der Waals surface area contributed by atoms with Crippen LogP contribution in [-0.4, -0.2) is 18.5 Å². The first-order valence-electron chi connectivity index (χ1n) is 6.45. The lowest BCUT2D eigenvalue weighted by atomic mass is 10.2. The lowest BCUT2D eigenvalue weighted by molar-refractivity contribution is -0.119. The zero-order chi connectivity index (χ0) is 17.9. The fraction of sp³-hybridized carbons (Fsp3) is 0.0667. The second-order valence-electron chi connectivity index (χ2n) is 4.58. The molecule has 3 N–H and O–H groups in total. The molecular formula is C15H10ClF3N2O3. The van der Waals surface area contributed by atoms with Crippen molar-refractivity contribution in [1.82, 2.24) is 0 Å². The van der Waals surface area contributed by atoms with Crippen LogP contribution in [-0.2, 0) is 9.53 Å². The molecule has 1 amide bonds. The molecule has 0 aliphatic rings.